The Labute approximate surface area is 123 Å². The Morgan fingerprint density at radius 3 is 2.60 bits per heavy atom. The number of morpholine rings is 1. The van der Waals surface area contributed by atoms with Crippen LogP contribution >= 0.6 is 0 Å². The molecule has 1 aromatic rings. The van der Waals surface area contributed by atoms with Crippen LogP contribution in [-0.2, 0) is 11.3 Å². The Morgan fingerprint density at radius 1 is 1.25 bits per heavy atom. The van der Waals surface area contributed by atoms with Gasteiger partial charge in [0.25, 0.3) is 0 Å². The lowest BCUT2D eigenvalue weighted by atomic mass is 10.0. The molecule has 20 heavy (non-hydrogen) atoms. The molecule has 1 aliphatic heterocycles. The van der Waals surface area contributed by atoms with Crippen LogP contribution in [0.5, 0.6) is 0 Å². The molecule has 1 heterocycles. The van der Waals surface area contributed by atoms with E-state index in [1.165, 1.54) is 11.3 Å². The summed E-state index contributed by atoms with van der Waals surface area (Å²) in [5.74, 6) is 0. The maximum absolute atomic E-state index is 5.81. The highest BCUT2D eigenvalue weighted by Crippen LogP contribution is 2.26. The van der Waals surface area contributed by atoms with E-state index in [-0.39, 0.29) is 11.1 Å². The van der Waals surface area contributed by atoms with Crippen molar-refractivity contribution in [2.24, 2.45) is 0 Å². The van der Waals surface area contributed by atoms with Crippen LogP contribution in [0.3, 0.4) is 0 Å². The van der Waals surface area contributed by atoms with E-state index in [4.69, 9.17) is 4.74 Å². The van der Waals surface area contributed by atoms with Gasteiger partial charge in [-0.15, -0.1) is 0 Å². The van der Waals surface area contributed by atoms with Gasteiger partial charge in [-0.2, -0.15) is 0 Å². The normalized spacial score (nSPS) is 19.1. The molecular formula is C17H28N2O. The van der Waals surface area contributed by atoms with E-state index in [9.17, 15) is 0 Å². The highest BCUT2D eigenvalue weighted by Gasteiger charge is 2.28. The van der Waals surface area contributed by atoms with Crippen LogP contribution in [0.4, 0.5) is 5.69 Å². The van der Waals surface area contributed by atoms with Crippen molar-refractivity contribution >= 4 is 5.69 Å². The molecule has 0 aromatic heterocycles. The molecule has 1 aliphatic rings. The molecule has 1 fully saturated rings. The summed E-state index contributed by atoms with van der Waals surface area (Å²) in [5, 5.41) is 3.58. The minimum atomic E-state index is -0.0666. The van der Waals surface area contributed by atoms with E-state index in [2.05, 4.69) is 69.1 Å². The van der Waals surface area contributed by atoms with Crippen molar-refractivity contribution in [3.05, 3.63) is 29.8 Å². The summed E-state index contributed by atoms with van der Waals surface area (Å²) in [6.07, 6.45) is 0. The Morgan fingerprint density at radius 2 is 1.95 bits per heavy atom. The predicted molar refractivity (Wildman–Crippen MR) is 85.3 cm³/mol. The Bertz CT molecular complexity index is 449. The number of rotatable bonds is 3. The van der Waals surface area contributed by atoms with Crippen LogP contribution < -0.4 is 10.2 Å². The molecule has 112 valence electrons. The van der Waals surface area contributed by atoms with Gasteiger partial charge >= 0.3 is 0 Å². The van der Waals surface area contributed by atoms with E-state index < -0.39 is 0 Å². The second-order valence-corrected chi connectivity index (χ2v) is 7.26. The molecule has 2 rings (SSSR count). The molecule has 0 radical (unpaired) electrons. The Hall–Kier alpha value is -1.06. The highest BCUT2D eigenvalue weighted by molar-refractivity contribution is 5.54. The van der Waals surface area contributed by atoms with Crippen molar-refractivity contribution in [1.82, 2.24) is 5.32 Å². The summed E-state index contributed by atoms with van der Waals surface area (Å²) in [6.45, 7) is 14.5. The molecule has 0 spiro atoms. The van der Waals surface area contributed by atoms with Gasteiger partial charge in [-0.1, -0.05) is 18.2 Å². The second-order valence-electron chi connectivity index (χ2n) is 7.26. The summed E-state index contributed by atoms with van der Waals surface area (Å²) >= 11 is 0. The summed E-state index contributed by atoms with van der Waals surface area (Å²) in [4.78, 5) is 2.45. The molecule has 3 nitrogen and oxygen atoms in total. The molecule has 0 bridgehead atoms. The quantitative estimate of drug-likeness (QED) is 0.917. The first-order valence-corrected chi connectivity index (χ1v) is 7.49. The van der Waals surface area contributed by atoms with Crippen LogP contribution in [0.1, 0.15) is 40.2 Å². The molecule has 1 aromatic carbocycles. The number of para-hydroxylation sites is 1. The fourth-order valence-corrected chi connectivity index (χ4v) is 2.55. The number of hydrogen-bond donors (Lipinski definition) is 1. The van der Waals surface area contributed by atoms with E-state index >= 15 is 0 Å². The van der Waals surface area contributed by atoms with Crippen LogP contribution in [0.2, 0.25) is 0 Å². The van der Waals surface area contributed by atoms with Gasteiger partial charge in [0.1, 0.15) is 0 Å². The van der Waals surface area contributed by atoms with Crippen LogP contribution in [0.15, 0.2) is 24.3 Å². The van der Waals surface area contributed by atoms with Gasteiger partial charge in [-0.25, -0.2) is 0 Å². The Balaban J connectivity index is 2.15. The summed E-state index contributed by atoms with van der Waals surface area (Å²) in [6, 6.07) is 8.69. The first-order valence-electron chi connectivity index (χ1n) is 7.49. The lowest BCUT2D eigenvalue weighted by Gasteiger charge is -2.40. The minimum Gasteiger partial charge on any atom is -0.372 e. The van der Waals surface area contributed by atoms with Crippen LogP contribution in [0.25, 0.3) is 0 Å². The fourth-order valence-electron chi connectivity index (χ4n) is 2.55. The predicted octanol–water partition coefficient (Wildman–Crippen LogP) is 3.19. The molecular weight excluding hydrogens is 248 g/mol. The van der Waals surface area contributed by atoms with E-state index in [1.807, 2.05) is 0 Å². The molecule has 3 heteroatoms. The zero-order chi connectivity index (χ0) is 14.8. The van der Waals surface area contributed by atoms with Gasteiger partial charge in [0.15, 0.2) is 0 Å². The van der Waals surface area contributed by atoms with Gasteiger partial charge in [0, 0.05) is 30.9 Å². The van der Waals surface area contributed by atoms with Crippen LogP contribution in [-0.4, -0.2) is 30.8 Å². The first-order chi connectivity index (χ1) is 9.27. The molecule has 1 saturated heterocycles. The lowest BCUT2D eigenvalue weighted by Crippen LogP contribution is -2.48. The van der Waals surface area contributed by atoms with E-state index in [0.717, 1.165) is 26.2 Å². The number of nitrogens with zero attached hydrogens (tertiary/aromatic N) is 1. The minimum absolute atomic E-state index is 0.0666. The third kappa shape index (κ3) is 4.22. The Kier molecular flexibility index (Phi) is 4.40. The van der Waals surface area contributed by atoms with Crippen molar-refractivity contribution in [3.8, 4) is 0 Å². The third-order valence-electron chi connectivity index (χ3n) is 3.57. The average molecular weight is 276 g/mol. The zero-order valence-electron chi connectivity index (χ0n) is 13.5. The van der Waals surface area contributed by atoms with Crippen molar-refractivity contribution in [2.45, 2.75) is 52.3 Å². The maximum Gasteiger partial charge on any atom is 0.0801 e. The molecule has 0 aliphatic carbocycles. The van der Waals surface area contributed by atoms with Gasteiger partial charge in [-0.3, -0.25) is 0 Å². The standard InChI is InChI=1S/C17H28N2O/c1-16(2,3)18-12-14-8-6-7-9-15(14)19-10-11-20-17(4,5)13-19/h6-9,18H,10-13H2,1-5H3. The zero-order valence-corrected chi connectivity index (χ0v) is 13.5. The number of anilines is 1. The summed E-state index contributed by atoms with van der Waals surface area (Å²) in [5.41, 5.74) is 2.76. The monoisotopic (exact) mass is 276 g/mol. The van der Waals surface area contributed by atoms with Crippen molar-refractivity contribution in [1.29, 1.82) is 0 Å². The van der Waals surface area contributed by atoms with Gasteiger partial charge in [0.05, 0.1) is 12.2 Å². The van der Waals surface area contributed by atoms with Gasteiger partial charge in [0.2, 0.25) is 0 Å². The SMILES string of the molecule is CC(C)(C)NCc1ccccc1N1CCOC(C)(C)C1. The largest absolute Gasteiger partial charge is 0.372 e. The van der Waals surface area contributed by atoms with Crippen molar-refractivity contribution in [2.75, 3.05) is 24.6 Å². The van der Waals surface area contributed by atoms with E-state index in [0.29, 0.717) is 0 Å². The topological polar surface area (TPSA) is 24.5 Å². The molecule has 0 saturated carbocycles. The molecule has 1 N–H and O–H groups in total. The first kappa shape index (κ1) is 15.3. The van der Waals surface area contributed by atoms with Gasteiger partial charge in [-0.05, 0) is 46.2 Å². The second kappa shape index (κ2) is 5.74. The molecule has 0 atom stereocenters. The van der Waals surface area contributed by atoms with Crippen molar-refractivity contribution < 1.29 is 4.74 Å². The highest BCUT2D eigenvalue weighted by atomic mass is 16.5. The fraction of sp³-hybridized carbons (Fsp3) is 0.647. The summed E-state index contributed by atoms with van der Waals surface area (Å²) < 4.78 is 5.81. The van der Waals surface area contributed by atoms with Gasteiger partial charge < -0.3 is 15.0 Å². The third-order valence-corrected chi connectivity index (χ3v) is 3.57. The van der Waals surface area contributed by atoms with Crippen molar-refractivity contribution in [3.63, 3.8) is 0 Å². The van der Waals surface area contributed by atoms with Crippen LogP contribution in [0, 0.1) is 0 Å². The summed E-state index contributed by atoms with van der Waals surface area (Å²) in [7, 11) is 0. The smallest absolute Gasteiger partial charge is 0.0801 e. The number of nitrogens with one attached hydrogen (secondary N) is 1. The number of hydrogen-bond acceptors (Lipinski definition) is 3. The average Bonchev–Trinajstić information content (AvgIpc) is 2.34. The molecule has 0 unspecified atom stereocenters. The number of ether oxygens (including phenoxy) is 1. The lowest BCUT2D eigenvalue weighted by molar-refractivity contribution is -0.0277. The maximum atomic E-state index is 5.81. The molecule has 0 amide bonds. The number of benzene rings is 1. The van der Waals surface area contributed by atoms with E-state index in [1.54, 1.807) is 0 Å².